The third-order valence-electron chi connectivity index (χ3n) is 3.30. The number of aromatic amines is 1. The summed E-state index contributed by atoms with van der Waals surface area (Å²) in [5, 5.41) is 22.5. The number of aromatic nitrogens is 2. The highest BCUT2D eigenvalue weighted by Crippen LogP contribution is 2.41. The van der Waals surface area contributed by atoms with Gasteiger partial charge in [-0.15, -0.1) is 0 Å². The van der Waals surface area contributed by atoms with Gasteiger partial charge in [-0.3, -0.25) is 18.7 Å². The van der Waals surface area contributed by atoms with E-state index >= 15 is 0 Å². The Balaban J connectivity index is 2.51. The highest BCUT2D eigenvalue weighted by atomic mass is 19.1. The molecule has 0 aromatic carbocycles. The molecule has 0 amide bonds. The Hall–Kier alpha value is -2.20. The average molecular weight is 301 g/mol. The number of aliphatic hydroxyl groups excluding tert-OH is 2. The molecule has 114 valence electrons. The van der Waals surface area contributed by atoms with Gasteiger partial charge in [-0.1, -0.05) is 5.11 Å². The third kappa shape index (κ3) is 2.43. The lowest BCUT2D eigenvalue weighted by molar-refractivity contribution is -0.124. The number of nitrogens with zero attached hydrogens (tertiary/aromatic N) is 4. The molecule has 3 N–H and O–H groups in total. The monoisotopic (exact) mass is 301 g/mol. The third-order valence-corrected chi connectivity index (χ3v) is 3.30. The zero-order valence-electron chi connectivity index (χ0n) is 10.6. The van der Waals surface area contributed by atoms with E-state index in [1.54, 1.807) is 0 Å². The molecule has 0 bridgehead atoms. The van der Waals surface area contributed by atoms with Crippen LogP contribution in [0.2, 0.25) is 0 Å². The summed E-state index contributed by atoms with van der Waals surface area (Å²) in [6.45, 7) is -2.00. The molecular weight excluding hydrogens is 289 g/mol. The Morgan fingerprint density at radius 2 is 2.33 bits per heavy atom. The molecule has 1 aliphatic rings. The normalized spacial score (nSPS) is 31.9. The van der Waals surface area contributed by atoms with Crippen molar-refractivity contribution in [2.45, 2.75) is 18.1 Å². The number of hydrogen-bond acceptors (Lipinski definition) is 6. The Labute approximate surface area is 116 Å². The van der Waals surface area contributed by atoms with Gasteiger partial charge in [-0.2, -0.15) is 0 Å². The average Bonchev–Trinajstić information content (AvgIpc) is 2.72. The van der Waals surface area contributed by atoms with Crippen LogP contribution in [0.25, 0.3) is 10.4 Å². The van der Waals surface area contributed by atoms with Crippen LogP contribution in [0, 0.1) is 5.92 Å². The molecule has 11 heteroatoms. The van der Waals surface area contributed by atoms with E-state index in [0.717, 1.165) is 16.8 Å². The molecule has 0 radical (unpaired) electrons. The SMILES string of the molecule is [N-]=[N+]=N[C@]1(CO)O[C@@H](n2ccc(=O)[nH]c2=O)[C@H](CF)[C@@H]1O. The molecule has 1 aliphatic heterocycles. The van der Waals surface area contributed by atoms with E-state index in [1.165, 1.54) is 0 Å². The van der Waals surface area contributed by atoms with Crippen LogP contribution in [0.15, 0.2) is 27.0 Å². The van der Waals surface area contributed by atoms with Crippen molar-refractivity contribution in [2.75, 3.05) is 13.3 Å². The first-order chi connectivity index (χ1) is 9.99. The van der Waals surface area contributed by atoms with E-state index in [-0.39, 0.29) is 0 Å². The summed E-state index contributed by atoms with van der Waals surface area (Å²) >= 11 is 0. The fourth-order valence-corrected chi connectivity index (χ4v) is 2.23. The van der Waals surface area contributed by atoms with Crippen LogP contribution in [-0.2, 0) is 4.74 Å². The van der Waals surface area contributed by atoms with Gasteiger partial charge in [-0.25, -0.2) is 4.79 Å². The number of rotatable bonds is 4. The maximum Gasteiger partial charge on any atom is 0.330 e. The Morgan fingerprint density at radius 1 is 1.62 bits per heavy atom. The summed E-state index contributed by atoms with van der Waals surface area (Å²) < 4.78 is 19.3. The zero-order chi connectivity index (χ0) is 15.6. The number of hydrogen-bond donors (Lipinski definition) is 3. The van der Waals surface area contributed by atoms with E-state index in [2.05, 4.69) is 10.0 Å². The summed E-state index contributed by atoms with van der Waals surface area (Å²) in [7, 11) is 0. The summed E-state index contributed by atoms with van der Waals surface area (Å²) in [6, 6.07) is 1.01. The van der Waals surface area contributed by atoms with E-state index in [9.17, 15) is 24.2 Å². The molecule has 0 aliphatic carbocycles. The minimum Gasteiger partial charge on any atom is -0.393 e. The number of H-pyrrole nitrogens is 1. The molecule has 10 nitrogen and oxygen atoms in total. The van der Waals surface area contributed by atoms with Crippen molar-refractivity contribution in [2.24, 2.45) is 11.0 Å². The van der Waals surface area contributed by atoms with Crippen molar-refractivity contribution in [1.29, 1.82) is 0 Å². The van der Waals surface area contributed by atoms with Gasteiger partial charge in [0.1, 0.15) is 12.3 Å². The molecule has 1 fully saturated rings. The Morgan fingerprint density at radius 3 is 2.86 bits per heavy atom. The summed E-state index contributed by atoms with van der Waals surface area (Å²) in [4.78, 5) is 27.1. The van der Waals surface area contributed by atoms with E-state index < -0.39 is 48.5 Å². The topological polar surface area (TPSA) is 153 Å². The molecule has 4 atom stereocenters. The second kappa shape index (κ2) is 5.66. The van der Waals surface area contributed by atoms with Gasteiger partial charge in [0.05, 0.1) is 19.2 Å². The number of halogens is 1. The van der Waals surface area contributed by atoms with Gasteiger partial charge in [0, 0.05) is 17.2 Å². The van der Waals surface area contributed by atoms with Crippen LogP contribution in [0.1, 0.15) is 6.23 Å². The van der Waals surface area contributed by atoms with Crippen molar-refractivity contribution >= 4 is 0 Å². The van der Waals surface area contributed by atoms with Gasteiger partial charge < -0.3 is 14.9 Å². The van der Waals surface area contributed by atoms with Gasteiger partial charge in [0.2, 0.25) is 0 Å². The molecule has 2 rings (SSSR count). The van der Waals surface area contributed by atoms with Gasteiger partial charge in [-0.05, 0) is 5.53 Å². The predicted molar refractivity (Wildman–Crippen MR) is 65.9 cm³/mol. The fraction of sp³-hybridized carbons (Fsp3) is 0.600. The van der Waals surface area contributed by atoms with Crippen molar-refractivity contribution in [3.8, 4) is 0 Å². The van der Waals surface area contributed by atoms with Gasteiger partial charge in [0.25, 0.3) is 5.56 Å². The maximum absolute atomic E-state index is 13.2. The second-order valence-corrected chi connectivity index (χ2v) is 4.48. The van der Waals surface area contributed by atoms with Gasteiger partial charge >= 0.3 is 5.69 Å². The molecule has 0 saturated carbocycles. The van der Waals surface area contributed by atoms with Crippen molar-refractivity contribution in [3.63, 3.8) is 0 Å². The maximum atomic E-state index is 13.2. The smallest absolute Gasteiger partial charge is 0.330 e. The number of alkyl halides is 1. The Kier molecular flexibility index (Phi) is 4.09. The van der Waals surface area contributed by atoms with Crippen LogP contribution in [-0.4, -0.2) is 44.9 Å². The van der Waals surface area contributed by atoms with Crippen LogP contribution < -0.4 is 11.2 Å². The standard InChI is InChI=1S/C10H12FN5O5/c11-3-5-7(19)10(4-17,14-15-12)21-8(5)16-2-1-6(18)13-9(16)20/h1-2,5,7-8,17,19H,3-4H2,(H,13,18,20)/t5-,7+,8-,10-/m1/s1. The summed E-state index contributed by atoms with van der Waals surface area (Å²) in [6.07, 6.45) is -1.94. The lowest BCUT2D eigenvalue weighted by Gasteiger charge is -2.24. The first-order valence-electron chi connectivity index (χ1n) is 5.89. The molecule has 0 spiro atoms. The lowest BCUT2D eigenvalue weighted by Crippen LogP contribution is -2.43. The number of ether oxygens (including phenoxy) is 1. The molecule has 21 heavy (non-hydrogen) atoms. The van der Waals surface area contributed by atoms with E-state index in [0.29, 0.717) is 0 Å². The summed E-state index contributed by atoms with van der Waals surface area (Å²) in [5.74, 6) is -1.26. The minimum atomic E-state index is -2.09. The molecule has 1 aromatic rings. The highest BCUT2D eigenvalue weighted by molar-refractivity contribution is 5.00. The zero-order valence-corrected chi connectivity index (χ0v) is 10.6. The van der Waals surface area contributed by atoms with Crippen LogP contribution in [0.5, 0.6) is 0 Å². The van der Waals surface area contributed by atoms with E-state index in [4.69, 9.17) is 10.3 Å². The molecule has 1 aromatic heterocycles. The molecule has 1 saturated heterocycles. The second-order valence-electron chi connectivity index (χ2n) is 4.48. The minimum absolute atomic E-state index is 0.657. The van der Waals surface area contributed by atoms with Crippen molar-refractivity contribution in [1.82, 2.24) is 9.55 Å². The largest absolute Gasteiger partial charge is 0.393 e. The van der Waals surface area contributed by atoms with Crippen molar-refractivity contribution in [3.05, 3.63) is 43.5 Å². The van der Waals surface area contributed by atoms with Crippen LogP contribution in [0.3, 0.4) is 0 Å². The highest BCUT2D eigenvalue weighted by Gasteiger charge is 2.55. The van der Waals surface area contributed by atoms with Crippen LogP contribution in [0.4, 0.5) is 4.39 Å². The quantitative estimate of drug-likeness (QED) is 0.370. The lowest BCUT2D eigenvalue weighted by atomic mass is 9.97. The fourth-order valence-electron chi connectivity index (χ4n) is 2.23. The number of nitrogens with one attached hydrogen (secondary N) is 1. The van der Waals surface area contributed by atoms with Crippen molar-refractivity contribution < 1.29 is 19.3 Å². The molecule has 2 heterocycles. The molecular formula is C10H12FN5O5. The predicted octanol–water partition coefficient (Wildman–Crippen LogP) is -0.989. The summed E-state index contributed by atoms with van der Waals surface area (Å²) in [5.41, 5.74) is 4.86. The van der Waals surface area contributed by atoms with Crippen LogP contribution >= 0.6 is 0 Å². The number of azide groups is 1. The Bertz CT molecular complexity index is 683. The van der Waals surface area contributed by atoms with E-state index in [1.807, 2.05) is 4.98 Å². The first kappa shape index (κ1) is 15.2. The molecule has 0 unspecified atom stereocenters. The number of aliphatic hydroxyl groups is 2. The van der Waals surface area contributed by atoms with Gasteiger partial charge in [0.15, 0.2) is 5.72 Å². The first-order valence-corrected chi connectivity index (χ1v) is 5.89.